The number of para-hydroxylation sites is 1. The Bertz CT molecular complexity index is 1120. The number of pyridine rings is 1. The molecule has 2 aromatic rings. The van der Waals surface area contributed by atoms with E-state index in [9.17, 15) is 22.0 Å². The van der Waals surface area contributed by atoms with E-state index in [1.54, 1.807) is 17.9 Å². The lowest BCUT2D eigenvalue weighted by atomic mass is 9.97. The molecule has 0 saturated carbocycles. The maximum absolute atomic E-state index is 13.6. The van der Waals surface area contributed by atoms with Crippen LogP contribution in [0.3, 0.4) is 0 Å². The summed E-state index contributed by atoms with van der Waals surface area (Å²) in [4.78, 5) is 19.2. The van der Waals surface area contributed by atoms with Gasteiger partial charge < -0.3 is 10.1 Å². The summed E-state index contributed by atoms with van der Waals surface area (Å²) >= 11 is 0. The fourth-order valence-electron chi connectivity index (χ4n) is 4.08. The zero-order chi connectivity index (χ0) is 25.0. The molecule has 0 aliphatic carbocycles. The van der Waals surface area contributed by atoms with Crippen molar-refractivity contribution in [2.45, 2.75) is 52.2 Å². The average Bonchev–Trinajstić information content (AvgIpc) is 2.75. The molecular formula is C23H30F2N4O4S. The number of anilines is 2. The molecule has 0 bridgehead atoms. The fourth-order valence-corrected chi connectivity index (χ4v) is 4.95. The number of nitrogens with zero attached hydrogens (tertiary/aromatic N) is 3. The Kier molecular flexibility index (Phi) is 8.09. The van der Waals surface area contributed by atoms with Crippen LogP contribution in [-0.2, 0) is 10.0 Å². The van der Waals surface area contributed by atoms with Gasteiger partial charge in [-0.05, 0) is 49.4 Å². The molecule has 2 heterocycles. The largest absolute Gasteiger partial charge is 0.415 e. The monoisotopic (exact) mass is 496 g/mol. The smallest absolute Gasteiger partial charge is 0.388 e. The second kappa shape index (κ2) is 10.6. The second-order valence-corrected chi connectivity index (χ2v) is 10.6. The number of carbonyl (C=O) groups is 1. The van der Waals surface area contributed by atoms with E-state index in [1.807, 2.05) is 38.1 Å². The summed E-state index contributed by atoms with van der Waals surface area (Å²) in [5.74, 6) is -0.256. The van der Waals surface area contributed by atoms with Gasteiger partial charge in [-0.2, -0.15) is 8.78 Å². The Labute approximate surface area is 199 Å². The van der Waals surface area contributed by atoms with Crippen molar-refractivity contribution >= 4 is 27.4 Å². The number of hydrogen-bond acceptors (Lipinski definition) is 5. The molecule has 0 spiro atoms. The van der Waals surface area contributed by atoms with Gasteiger partial charge in [0.15, 0.2) is 0 Å². The third kappa shape index (κ3) is 6.20. The Balaban J connectivity index is 1.96. The first-order valence-corrected chi connectivity index (χ1v) is 12.9. The molecule has 1 N–H and O–H groups in total. The summed E-state index contributed by atoms with van der Waals surface area (Å²) in [6.07, 6.45) is 2.03. The van der Waals surface area contributed by atoms with Crippen LogP contribution in [-0.4, -0.2) is 55.7 Å². The lowest BCUT2D eigenvalue weighted by Crippen LogP contribution is -2.50. The third-order valence-corrected chi connectivity index (χ3v) is 7.04. The minimum Gasteiger partial charge on any atom is -0.415 e. The van der Waals surface area contributed by atoms with Crippen molar-refractivity contribution in [2.24, 2.45) is 0 Å². The van der Waals surface area contributed by atoms with Crippen molar-refractivity contribution < 1.29 is 26.7 Å². The SMILES string of the molecule is Cc1ccc(NC(=O)N(c2ccccc2C(C)C)C2CCN(S(C)(=O)=O)CC2)c(OC(F)F)n1. The Hall–Kier alpha value is -2.79. The topological polar surface area (TPSA) is 91.8 Å². The molecule has 1 aliphatic heterocycles. The highest BCUT2D eigenvalue weighted by atomic mass is 32.2. The number of aryl methyl sites for hydroxylation is 1. The van der Waals surface area contributed by atoms with Crippen LogP contribution in [0.2, 0.25) is 0 Å². The normalized spacial score (nSPS) is 15.5. The number of rotatable bonds is 7. The van der Waals surface area contributed by atoms with E-state index in [4.69, 9.17) is 0 Å². The number of hydrogen-bond donors (Lipinski definition) is 1. The second-order valence-electron chi connectivity index (χ2n) is 8.59. The predicted octanol–water partition coefficient (Wildman–Crippen LogP) is 4.58. The third-order valence-electron chi connectivity index (χ3n) is 5.74. The van der Waals surface area contributed by atoms with Crippen LogP contribution >= 0.6 is 0 Å². The summed E-state index contributed by atoms with van der Waals surface area (Å²) in [7, 11) is -3.33. The van der Waals surface area contributed by atoms with Gasteiger partial charge in [-0.1, -0.05) is 32.0 Å². The molecule has 186 valence electrons. The number of nitrogens with one attached hydrogen (secondary N) is 1. The van der Waals surface area contributed by atoms with Crippen LogP contribution in [0.1, 0.15) is 43.9 Å². The van der Waals surface area contributed by atoms with Crippen molar-refractivity contribution in [3.8, 4) is 5.88 Å². The molecule has 8 nitrogen and oxygen atoms in total. The van der Waals surface area contributed by atoms with Crippen LogP contribution < -0.4 is 15.0 Å². The maximum Gasteiger partial charge on any atom is 0.388 e. The van der Waals surface area contributed by atoms with E-state index in [0.29, 0.717) is 24.2 Å². The van der Waals surface area contributed by atoms with E-state index in [2.05, 4.69) is 15.0 Å². The molecule has 1 aliphatic rings. The number of sulfonamides is 1. The maximum atomic E-state index is 13.6. The predicted molar refractivity (Wildman–Crippen MR) is 127 cm³/mol. The number of ether oxygens (including phenoxy) is 1. The Morgan fingerprint density at radius 3 is 2.41 bits per heavy atom. The van der Waals surface area contributed by atoms with E-state index < -0.39 is 22.7 Å². The average molecular weight is 497 g/mol. The zero-order valence-electron chi connectivity index (χ0n) is 19.7. The summed E-state index contributed by atoms with van der Waals surface area (Å²) in [5, 5.41) is 2.68. The van der Waals surface area contributed by atoms with Crippen LogP contribution in [0.4, 0.5) is 25.0 Å². The number of amides is 2. The molecule has 34 heavy (non-hydrogen) atoms. The molecule has 0 atom stereocenters. The molecule has 1 saturated heterocycles. The molecule has 3 rings (SSSR count). The quantitative estimate of drug-likeness (QED) is 0.606. The van der Waals surface area contributed by atoms with Gasteiger partial charge >= 0.3 is 12.6 Å². The standard InChI is InChI=1S/C23H30F2N4O4S/c1-15(2)18-7-5-6-8-20(18)29(17-11-13-28(14-12-17)34(4,31)32)23(30)27-19-10-9-16(3)26-21(19)33-22(24)25/h5-10,15,17,22H,11-14H2,1-4H3,(H,27,30). The zero-order valence-corrected chi connectivity index (χ0v) is 20.5. The molecule has 2 amide bonds. The van der Waals surface area contributed by atoms with Crippen molar-refractivity contribution in [1.29, 1.82) is 0 Å². The van der Waals surface area contributed by atoms with Gasteiger partial charge in [0.25, 0.3) is 0 Å². The highest BCUT2D eigenvalue weighted by molar-refractivity contribution is 7.88. The highest BCUT2D eigenvalue weighted by Gasteiger charge is 2.33. The molecule has 1 fully saturated rings. The minimum absolute atomic E-state index is 0.0245. The van der Waals surface area contributed by atoms with Gasteiger partial charge in [0.1, 0.15) is 5.69 Å². The summed E-state index contributed by atoms with van der Waals surface area (Å²) < 4.78 is 55.7. The van der Waals surface area contributed by atoms with E-state index in [1.165, 1.54) is 16.6 Å². The van der Waals surface area contributed by atoms with Gasteiger partial charge in [-0.25, -0.2) is 22.5 Å². The van der Waals surface area contributed by atoms with Crippen LogP contribution in [0.25, 0.3) is 0 Å². The van der Waals surface area contributed by atoms with Crippen molar-refractivity contribution in [2.75, 3.05) is 29.6 Å². The number of aromatic nitrogens is 1. The van der Waals surface area contributed by atoms with Gasteiger partial charge in [0.2, 0.25) is 15.9 Å². The van der Waals surface area contributed by atoms with E-state index in [-0.39, 0.29) is 36.6 Å². The first-order valence-electron chi connectivity index (χ1n) is 11.0. The lowest BCUT2D eigenvalue weighted by Gasteiger charge is -2.38. The van der Waals surface area contributed by atoms with Crippen LogP contribution in [0, 0.1) is 6.92 Å². The number of alkyl halides is 2. The number of urea groups is 1. The van der Waals surface area contributed by atoms with Gasteiger partial charge in [-0.15, -0.1) is 0 Å². The Morgan fingerprint density at radius 2 is 1.82 bits per heavy atom. The van der Waals surface area contributed by atoms with E-state index >= 15 is 0 Å². The minimum atomic E-state index is -3.33. The van der Waals surface area contributed by atoms with Crippen molar-refractivity contribution in [3.05, 3.63) is 47.7 Å². The summed E-state index contributed by atoms with van der Waals surface area (Å²) in [6, 6.07) is 9.71. The molecule has 1 aromatic heterocycles. The first-order chi connectivity index (χ1) is 16.0. The van der Waals surface area contributed by atoms with Crippen LogP contribution in [0.15, 0.2) is 36.4 Å². The van der Waals surface area contributed by atoms with Gasteiger partial charge in [0, 0.05) is 30.5 Å². The van der Waals surface area contributed by atoms with Gasteiger partial charge in [0.05, 0.1) is 6.26 Å². The number of carbonyl (C=O) groups excluding carboxylic acids is 1. The molecule has 0 unspecified atom stereocenters. The van der Waals surface area contributed by atoms with Gasteiger partial charge in [-0.3, -0.25) is 4.90 Å². The molecule has 1 aromatic carbocycles. The molecular weight excluding hydrogens is 466 g/mol. The first kappa shape index (κ1) is 25.8. The molecule has 11 heteroatoms. The van der Waals surface area contributed by atoms with Crippen LogP contribution in [0.5, 0.6) is 5.88 Å². The highest BCUT2D eigenvalue weighted by Crippen LogP contribution is 2.33. The number of piperidine rings is 1. The summed E-state index contributed by atoms with van der Waals surface area (Å²) in [6.45, 7) is 3.12. The number of benzene rings is 1. The number of halogens is 2. The summed E-state index contributed by atoms with van der Waals surface area (Å²) in [5.41, 5.74) is 2.11. The van der Waals surface area contributed by atoms with Crippen molar-refractivity contribution in [1.82, 2.24) is 9.29 Å². The van der Waals surface area contributed by atoms with Crippen molar-refractivity contribution in [3.63, 3.8) is 0 Å². The molecule has 0 radical (unpaired) electrons. The Morgan fingerprint density at radius 1 is 1.18 bits per heavy atom. The lowest BCUT2D eigenvalue weighted by molar-refractivity contribution is -0.0523. The fraction of sp³-hybridized carbons (Fsp3) is 0.478. The van der Waals surface area contributed by atoms with E-state index in [0.717, 1.165) is 5.56 Å².